The number of hydrogen-bond donors (Lipinski definition) is 3. The molecule has 3 atom stereocenters. The minimum absolute atomic E-state index is 0.185. The number of β-amino-alcohol motifs (C(OH)–C–C–N with tert-alkyl or cyclic N) is 1. The van der Waals surface area contributed by atoms with Gasteiger partial charge < -0.3 is 20.7 Å². The van der Waals surface area contributed by atoms with Gasteiger partial charge in [-0.15, -0.1) is 0 Å². The largest absolute Gasteiger partial charge is 0.392 e. The molecule has 0 aliphatic carbocycles. The quantitative estimate of drug-likeness (QED) is 0.629. The third-order valence-electron chi connectivity index (χ3n) is 4.66. The second-order valence-corrected chi connectivity index (χ2v) is 6.69. The fourth-order valence-corrected chi connectivity index (χ4v) is 3.17. The number of nitrogens with zero attached hydrogens (tertiary/aromatic N) is 3. The van der Waals surface area contributed by atoms with E-state index in [9.17, 15) is 9.90 Å². The molecule has 1 saturated heterocycles. The number of anilines is 1. The molecule has 0 bridgehead atoms. The number of carbonyl (C=O) groups excluding carboxylic acids is 1. The van der Waals surface area contributed by atoms with Crippen molar-refractivity contribution in [3.63, 3.8) is 0 Å². The highest BCUT2D eigenvalue weighted by atomic mass is 16.3. The van der Waals surface area contributed by atoms with E-state index >= 15 is 0 Å². The van der Waals surface area contributed by atoms with Crippen LogP contribution >= 0.6 is 0 Å². The van der Waals surface area contributed by atoms with Crippen molar-refractivity contribution in [1.82, 2.24) is 14.5 Å². The summed E-state index contributed by atoms with van der Waals surface area (Å²) in [5.41, 5.74) is 5.82. The van der Waals surface area contributed by atoms with Crippen molar-refractivity contribution in [3.8, 4) is 0 Å². The van der Waals surface area contributed by atoms with Gasteiger partial charge in [0.1, 0.15) is 0 Å². The van der Waals surface area contributed by atoms with E-state index in [2.05, 4.69) is 15.2 Å². The van der Waals surface area contributed by atoms with E-state index in [-0.39, 0.29) is 12.0 Å². The molecule has 0 aromatic carbocycles. The van der Waals surface area contributed by atoms with Gasteiger partial charge in [-0.25, -0.2) is 4.98 Å². The highest BCUT2D eigenvalue weighted by Crippen LogP contribution is 2.20. The number of likely N-dealkylation sites (tertiary alicyclic amines) is 1. The summed E-state index contributed by atoms with van der Waals surface area (Å²) in [4.78, 5) is 18.5. The Morgan fingerprint density at radius 2 is 2.33 bits per heavy atom. The normalized spacial score (nSPS) is 20.9. The average Bonchev–Trinajstić information content (AvgIpc) is 3.17. The number of carbonyl (C=O) groups is 1. The minimum Gasteiger partial charge on any atom is -0.392 e. The summed E-state index contributed by atoms with van der Waals surface area (Å²) >= 11 is 0. The van der Waals surface area contributed by atoms with E-state index < -0.39 is 6.04 Å². The van der Waals surface area contributed by atoms with Crippen LogP contribution in [-0.4, -0.2) is 56.7 Å². The number of imidazole rings is 1. The summed E-state index contributed by atoms with van der Waals surface area (Å²) in [7, 11) is 0. The highest BCUT2D eigenvalue weighted by Gasteiger charge is 2.26. The van der Waals surface area contributed by atoms with E-state index in [1.54, 1.807) is 6.33 Å². The first kappa shape index (κ1) is 18.9. The van der Waals surface area contributed by atoms with Crippen LogP contribution < -0.4 is 11.1 Å². The zero-order valence-corrected chi connectivity index (χ0v) is 14.8. The fourth-order valence-electron chi connectivity index (χ4n) is 3.17. The van der Waals surface area contributed by atoms with Crippen LogP contribution in [0.3, 0.4) is 0 Å². The van der Waals surface area contributed by atoms with Crippen molar-refractivity contribution in [1.29, 1.82) is 0 Å². The zero-order valence-electron chi connectivity index (χ0n) is 14.8. The maximum Gasteiger partial charge on any atom is 0.242 e. The number of aromatic nitrogens is 2. The molecular weight excluding hydrogens is 306 g/mol. The van der Waals surface area contributed by atoms with E-state index in [1.807, 2.05) is 24.6 Å². The molecular formula is C17H31N5O2. The summed E-state index contributed by atoms with van der Waals surface area (Å²) in [5, 5.41) is 12.7. The Kier molecular flexibility index (Phi) is 7.20. The molecule has 0 radical (unpaired) electrons. The third kappa shape index (κ3) is 5.29. The van der Waals surface area contributed by atoms with Crippen molar-refractivity contribution in [2.24, 2.45) is 5.73 Å². The maximum atomic E-state index is 11.9. The number of rotatable bonds is 9. The van der Waals surface area contributed by atoms with Gasteiger partial charge in [-0.05, 0) is 32.2 Å². The number of amides is 1. The number of nitrogens with one attached hydrogen (secondary N) is 1. The van der Waals surface area contributed by atoms with Crippen molar-refractivity contribution in [3.05, 3.63) is 12.5 Å². The smallest absolute Gasteiger partial charge is 0.242 e. The van der Waals surface area contributed by atoms with Crippen LogP contribution in [0.15, 0.2) is 12.5 Å². The van der Waals surface area contributed by atoms with E-state index in [0.29, 0.717) is 18.3 Å². The van der Waals surface area contributed by atoms with Crippen molar-refractivity contribution < 1.29 is 9.90 Å². The summed E-state index contributed by atoms with van der Waals surface area (Å²) in [6.07, 6.45) is 7.94. The molecule has 1 aliphatic rings. The standard InChI is InChI=1S/C17H31N5O2/c1-3-6-15(18)17(24)20-16-11-21(12-19-16)9-13-7-5-8-22(13)10-14(23)4-2/h11-15,23H,3-10,18H2,1-2H3,(H,20,24)/t13?,14-,15-/m0/s1. The summed E-state index contributed by atoms with van der Waals surface area (Å²) < 4.78 is 2.00. The highest BCUT2D eigenvalue weighted by molar-refractivity contribution is 5.93. The van der Waals surface area contributed by atoms with E-state index in [4.69, 9.17) is 5.73 Å². The second-order valence-electron chi connectivity index (χ2n) is 6.69. The summed E-state index contributed by atoms with van der Waals surface area (Å²) in [5.74, 6) is 0.361. The van der Waals surface area contributed by atoms with Crippen LogP contribution in [0.4, 0.5) is 5.82 Å². The van der Waals surface area contributed by atoms with Gasteiger partial charge >= 0.3 is 0 Å². The molecule has 2 rings (SSSR count). The predicted octanol–water partition coefficient (Wildman–Crippen LogP) is 1.18. The lowest BCUT2D eigenvalue weighted by molar-refractivity contribution is -0.117. The molecule has 7 nitrogen and oxygen atoms in total. The van der Waals surface area contributed by atoms with Gasteiger partial charge in [0.05, 0.1) is 18.5 Å². The number of hydrogen-bond acceptors (Lipinski definition) is 5. The average molecular weight is 337 g/mol. The minimum atomic E-state index is -0.485. The number of aliphatic hydroxyl groups excluding tert-OH is 1. The van der Waals surface area contributed by atoms with Gasteiger partial charge in [0.15, 0.2) is 5.82 Å². The van der Waals surface area contributed by atoms with Gasteiger partial charge in [-0.2, -0.15) is 0 Å². The first-order valence-corrected chi connectivity index (χ1v) is 9.03. The van der Waals surface area contributed by atoms with Crippen molar-refractivity contribution >= 4 is 11.7 Å². The Morgan fingerprint density at radius 3 is 3.04 bits per heavy atom. The topological polar surface area (TPSA) is 96.4 Å². The summed E-state index contributed by atoms with van der Waals surface area (Å²) in [6, 6.07) is -0.0766. The SMILES string of the molecule is CCC[C@H](N)C(=O)Nc1cn(CC2CCCN2C[C@@H](O)CC)cn1. The van der Waals surface area contributed by atoms with E-state index in [1.165, 1.54) is 0 Å². The van der Waals surface area contributed by atoms with Crippen molar-refractivity contribution in [2.75, 3.05) is 18.4 Å². The molecule has 4 N–H and O–H groups in total. The molecule has 1 aromatic heterocycles. The van der Waals surface area contributed by atoms with E-state index in [0.717, 1.165) is 45.3 Å². The van der Waals surface area contributed by atoms with Crippen LogP contribution in [0.5, 0.6) is 0 Å². The van der Waals surface area contributed by atoms with Crippen LogP contribution in [0.25, 0.3) is 0 Å². The van der Waals surface area contributed by atoms with Gasteiger partial charge in [0, 0.05) is 25.3 Å². The first-order valence-electron chi connectivity index (χ1n) is 9.03. The Bertz CT molecular complexity index is 519. The lowest BCUT2D eigenvalue weighted by atomic mass is 10.2. The van der Waals surface area contributed by atoms with Gasteiger partial charge in [-0.1, -0.05) is 20.3 Å². The monoisotopic (exact) mass is 337 g/mol. The molecule has 1 amide bonds. The third-order valence-corrected chi connectivity index (χ3v) is 4.66. The van der Waals surface area contributed by atoms with Gasteiger partial charge in [0.25, 0.3) is 0 Å². The molecule has 0 saturated carbocycles. The van der Waals surface area contributed by atoms with Crippen LogP contribution in [-0.2, 0) is 11.3 Å². The summed E-state index contributed by atoms with van der Waals surface area (Å²) in [6.45, 7) is 6.59. The number of nitrogens with two attached hydrogens (primary N) is 1. The molecule has 136 valence electrons. The van der Waals surface area contributed by atoms with Crippen LogP contribution in [0.1, 0.15) is 46.0 Å². The second kappa shape index (κ2) is 9.15. The van der Waals surface area contributed by atoms with Crippen LogP contribution in [0, 0.1) is 0 Å². The number of aliphatic hydroxyl groups is 1. The van der Waals surface area contributed by atoms with Gasteiger partial charge in [0.2, 0.25) is 5.91 Å². The van der Waals surface area contributed by atoms with Crippen LogP contribution in [0.2, 0.25) is 0 Å². The van der Waals surface area contributed by atoms with Crippen molar-refractivity contribution in [2.45, 2.75) is 70.7 Å². The lowest BCUT2D eigenvalue weighted by Gasteiger charge is -2.26. The fraction of sp³-hybridized carbons (Fsp3) is 0.765. The van der Waals surface area contributed by atoms with Gasteiger partial charge in [-0.3, -0.25) is 9.69 Å². The Morgan fingerprint density at radius 1 is 1.54 bits per heavy atom. The molecule has 1 aromatic rings. The first-order chi connectivity index (χ1) is 11.5. The molecule has 1 aliphatic heterocycles. The molecule has 24 heavy (non-hydrogen) atoms. The Balaban J connectivity index is 1.87. The predicted molar refractivity (Wildman–Crippen MR) is 94.6 cm³/mol. The lowest BCUT2D eigenvalue weighted by Crippen LogP contribution is -2.38. The molecule has 7 heteroatoms. The molecule has 1 fully saturated rings. The Labute approximate surface area is 144 Å². The Hall–Kier alpha value is -1.44. The molecule has 1 unspecified atom stereocenters. The maximum absolute atomic E-state index is 11.9. The molecule has 2 heterocycles. The zero-order chi connectivity index (χ0) is 17.5. The molecule has 0 spiro atoms.